The van der Waals surface area contributed by atoms with Crippen molar-refractivity contribution in [1.29, 1.82) is 0 Å². The largest absolute Gasteiger partial charge is 0.508 e. The van der Waals surface area contributed by atoms with Gasteiger partial charge in [0, 0.05) is 6.54 Å². The Morgan fingerprint density at radius 1 is 0.968 bits per heavy atom. The maximum absolute atomic E-state index is 12.8. The van der Waals surface area contributed by atoms with E-state index >= 15 is 0 Å². The summed E-state index contributed by atoms with van der Waals surface area (Å²) in [4.78, 5) is 25.5. The standard InChI is InChI=1S/C24H33N3O3S/c1-25-22(17-19-10-12-20(28)13-11-19)24(30)27-21(14-16-31-2)23(29)26-15-6-9-18-7-4-3-5-8-18/h3-5,7-8,10-13,21-22,25,28H,6,9,14-17H2,1-2H3,(H,26,29)(H,27,30)/t21-,22+/m1/s1. The number of hydrogen-bond donors (Lipinski definition) is 4. The van der Waals surface area contributed by atoms with E-state index in [4.69, 9.17) is 0 Å². The quantitative estimate of drug-likeness (QED) is 0.357. The van der Waals surface area contributed by atoms with Gasteiger partial charge in [-0.1, -0.05) is 42.5 Å². The lowest BCUT2D eigenvalue weighted by Gasteiger charge is -2.22. The smallest absolute Gasteiger partial charge is 0.242 e. The van der Waals surface area contributed by atoms with Gasteiger partial charge in [0.2, 0.25) is 11.8 Å². The van der Waals surface area contributed by atoms with Crippen LogP contribution in [0.1, 0.15) is 24.0 Å². The van der Waals surface area contributed by atoms with Gasteiger partial charge in [-0.3, -0.25) is 9.59 Å². The van der Waals surface area contributed by atoms with Crippen LogP contribution >= 0.6 is 11.8 Å². The van der Waals surface area contributed by atoms with Crippen LogP contribution in [0.4, 0.5) is 0 Å². The van der Waals surface area contributed by atoms with Gasteiger partial charge in [-0.15, -0.1) is 0 Å². The first-order chi connectivity index (χ1) is 15.0. The first kappa shape index (κ1) is 24.8. The molecule has 0 bridgehead atoms. The molecule has 2 rings (SSSR count). The highest BCUT2D eigenvalue weighted by Crippen LogP contribution is 2.12. The van der Waals surface area contributed by atoms with Gasteiger partial charge < -0.3 is 21.1 Å². The molecule has 2 atom stereocenters. The number of phenols is 1. The summed E-state index contributed by atoms with van der Waals surface area (Å²) < 4.78 is 0. The van der Waals surface area contributed by atoms with Crippen LogP contribution in [0.5, 0.6) is 5.75 Å². The monoisotopic (exact) mass is 443 g/mol. The normalized spacial score (nSPS) is 12.7. The van der Waals surface area contributed by atoms with Gasteiger partial charge in [-0.05, 0) is 68.0 Å². The van der Waals surface area contributed by atoms with Crippen molar-refractivity contribution < 1.29 is 14.7 Å². The first-order valence-electron chi connectivity index (χ1n) is 10.6. The maximum atomic E-state index is 12.8. The second-order valence-electron chi connectivity index (χ2n) is 7.43. The van der Waals surface area contributed by atoms with Crippen LogP contribution in [-0.2, 0) is 22.4 Å². The average molecular weight is 444 g/mol. The summed E-state index contributed by atoms with van der Waals surface area (Å²) in [6.45, 7) is 0.572. The number of rotatable bonds is 13. The van der Waals surface area contributed by atoms with Crippen molar-refractivity contribution in [2.45, 2.75) is 37.8 Å². The molecule has 0 heterocycles. The molecule has 2 aromatic carbocycles. The van der Waals surface area contributed by atoms with Gasteiger partial charge in [0.05, 0.1) is 6.04 Å². The first-order valence-corrected chi connectivity index (χ1v) is 12.0. The van der Waals surface area contributed by atoms with Crippen molar-refractivity contribution >= 4 is 23.6 Å². The van der Waals surface area contributed by atoms with Crippen LogP contribution in [0.3, 0.4) is 0 Å². The predicted molar refractivity (Wildman–Crippen MR) is 127 cm³/mol. The number of nitrogens with one attached hydrogen (secondary N) is 3. The average Bonchev–Trinajstić information content (AvgIpc) is 2.79. The second-order valence-corrected chi connectivity index (χ2v) is 8.42. The summed E-state index contributed by atoms with van der Waals surface area (Å²) in [5.74, 6) is 0.622. The number of benzene rings is 2. The summed E-state index contributed by atoms with van der Waals surface area (Å²) in [6.07, 6.45) is 4.78. The summed E-state index contributed by atoms with van der Waals surface area (Å²) in [5, 5.41) is 18.3. The van der Waals surface area contributed by atoms with Gasteiger partial charge in [0.25, 0.3) is 0 Å². The van der Waals surface area contributed by atoms with Crippen molar-refractivity contribution in [2.75, 3.05) is 25.6 Å². The fourth-order valence-electron chi connectivity index (χ4n) is 3.24. The van der Waals surface area contributed by atoms with E-state index in [0.717, 1.165) is 24.2 Å². The molecule has 0 aliphatic heterocycles. The van der Waals surface area contributed by atoms with E-state index in [9.17, 15) is 14.7 Å². The Kier molecular flexibility index (Phi) is 11.0. The minimum atomic E-state index is -0.563. The minimum Gasteiger partial charge on any atom is -0.508 e. The third-order valence-corrected chi connectivity index (χ3v) is 5.71. The number of likely N-dealkylation sites (N-methyl/N-ethyl adjacent to an activating group) is 1. The molecule has 31 heavy (non-hydrogen) atoms. The Morgan fingerprint density at radius 3 is 2.32 bits per heavy atom. The van der Waals surface area contributed by atoms with Crippen LogP contribution in [0.2, 0.25) is 0 Å². The van der Waals surface area contributed by atoms with E-state index in [1.54, 1.807) is 43.1 Å². The highest BCUT2D eigenvalue weighted by Gasteiger charge is 2.24. The number of hydrogen-bond acceptors (Lipinski definition) is 5. The van der Waals surface area contributed by atoms with Crippen molar-refractivity contribution in [3.05, 3.63) is 65.7 Å². The maximum Gasteiger partial charge on any atom is 0.242 e. The number of amides is 2. The number of phenolic OH excluding ortho intramolecular Hbond substituents is 1. The van der Waals surface area contributed by atoms with Gasteiger partial charge in [0.15, 0.2) is 0 Å². The van der Waals surface area contributed by atoms with Crippen LogP contribution < -0.4 is 16.0 Å². The number of carbonyl (C=O) groups is 2. The molecule has 0 saturated carbocycles. The third kappa shape index (κ3) is 9.02. The van der Waals surface area contributed by atoms with E-state index in [0.29, 0.717) is 19.4 Å². The van der Waals surface area contributed by atoms with E-state index < -0.39 is 12.1 Å². The molecule has 4 N–H and O–H groups in total. The molecule has 0 spiro atoms. The van der Waals surface area contributed by atoms with E-state index in [1.807, 2.05) is 24.5 Å². The van der Waals surface area contributed by atoms with Crippen LogP contribution in [0.15, 0.2) is 54.6 Å². The van der Waals surface area contributed by atoms with Crippen LogP contribution in [-0.4, -0.2) is 54.6 Å². The zero-order chi connectivity index (χ0) is 22.5. The third-order valence-electron chi connectivity index (χ3n) is 5.07. The van der Waals surface area contributed by atoms with E-state index in [2.05, 4.69) is 28.1 Å². The zero-order valence-corrected chi connectivity index (χ0v) is 19.1. The topological polar surface area (TPSA) is 90.5 Å². The Labute approximate surface area is 189 Å². The van der Waals surface area contributed by atoms with E-state index in [1.165, 1.54) is 5.56 Å². The van der Waals surface area contributed by atoms with Crippen LogP contribution in [0, 0.1) is 0 Å². The highest BCUT2D eigenvalue weighted by molar-refractivity contribution is 7.98. The molecule has 0 radical (unpaired) electrons. The molecule has 0 saturated heterocycles. The number of aryl methyl sites for hydroxylation is 1. The second kappa shape index (κ2) is 13.7. The summed E-state index contributed by atoms with van der Waals surface area (Å²) in [5.41, 5.74) is 2.17. The van der Waals surface area contributed by atoms with Gasteiger partial charge in [0.1, 0.15) is 11.8 Å². The lowest BCUT2D eigenvalue weighted by Crippen LogP contribution is -2.53. The lowest BCUT2D eigenvalue weighted by atomic mass is 10.0. The molecule has 6 nitrogen and oxygen atoms in total. The molecule has 2 aromatic rings. The molecule has 168 valence electrons. The number of thioether (sulfide) groups is 1. The van der Waals surface area contributed by atoms with Crippen LogP contribution in [0.25, 0.3) is 0 Å². The number of aromatic hydroxyl groups is 1. The molecule has 2 amide bonds. The molecule has 0 aliphatic rings. The lowest BCUT2D eigenvalue weighted by molar-refractivity contribution is -0.130. The van der Waals surface area contributed by atoms with Gasteiger partial charge in [-0.25, -0.2) is 0 Å². The Hall–Kier alpha value is -2.51. The molecular formula is C24H33N3O3S. The number of carbonyl (C=O) groups excluding carboxylic acids is 2. The molecule has 0 aromatic heterocycles. The Bertz CT molecular complexity index is 799. The Balaban J connectivity index is 1.87. The van der Waals surface area contributed by atoms with Gasteiger partial charge >= 0.3 is 0 Å². The molecule has 7 heteroatoms. The molecule has 0 fully saturated rings. The Morgan fingerprint density at radius 2 is 1.68 bits per heavy atom. The summed E-state index contributed by atoms with van der Waals surface area (Å²) in [6, 6.07) is 15.9. The zero-order valence-electron chi connectivity index (χ0n) is 18.3. The minimum absolute atomic E-state index is 0.144. The van der Waals surface area contributed by atoms with E-state index in [-0.39, 0.29) is 17.6 Å². The summed E-state index contributed by atoms with van der Waals surface area (Å²) in [7, 11) is 1.73. The molecular weight excluding hydrogens is 410 g/mol. The summed E-state index contributed by atoms with van der Waals surface area (Å²) >= 11 is 1.65. The van der Waals surface area contributed by atoms with Gasteiger partial charge in [-0.2, -0.15) is 11.8 Å². The van der Waals surface area contributed by atoms with Crippen molar-refractivity contribution in [3.63, 3.8) is 0 Å². The fourth-order valence-corrected chi connectivity index (χ4v) is 3.71. The molecule has 0 aliphatic carbocycles. The SMILES string of the molecule is CN[C@@H](Cc1ccc(O)cc1)C(=O)N[C@H](CCSC)C(=O)NCCCc1ccccc1. The highest BCUT2D eigenvalue weighted by atomic mass is 32.2. The van der Waals surface area contributed by atoms with Crippen molar-refractivity contribution in [1.82, 2.24) is 16.0 Å². The predicted octanol–water partition coefficient (Wildman–Crippen LogP) is 2.51. The molecule has 0 unspecified atom stereocenters. The fraction of sp³-hybridized carbons (Fsp3) is 0.417. The van der Waals surface area contributed by atoms with Crippen molar-refractivity contribution in [2.24, 2.45) is 0 Å². The van der Waals surface area contributed by atoms with Crippen molar-refractivity contribution in [3.8, 4) is 5.75 Å².